The Bertz CT molecular complexity index is 734. The quantitative estimate of drug-likeness (QED) is 0.736. The van der Waals surface area contributed by atoms with Crippen LogP contribution in [0.1, 0.15) is 41.7 Å². The first-order valence-corrected chi connectivity index (χ1v) is 10.8. The summed E-state index contributed by atoms with van der Waals surface area (Å²) in [4.78, 5) is 31.7. The minimum atomic E-state index is -0.0892. The number of hydrogen-bond donors (Lipinski definition) is 1. The van der Waals surface area contributed by atoms with Crippen LogP contribution in [-0.4, -0.2) is 41.3 Å². The van der Waals surface area contributed by atoms with Crippen LogP contribution >= 0.6 is 23.1 Å². The van der Waals surface area contributed by atoms with E-state index in [-0.39, 0.29) is 11.8 Å². The fraction of sp³-hybridized carbons (Fsp3) is 0.421. The summed E-state index contributed by atoms with van der Waals surface area (Å²) >= 11 is 3.19. The van der Waals surface area contributed by atoms with E-state index in [1.54, 1.807) is 23.1 Å². The van der Waals surface area contributed by atoms with Crippen LogP contribution in [0.15, 0.2) is 40.1 Å². The maximum Gasteiger partial charge on any atom is 0.252 e. The van der Waals surface area contributed by atoms with Crippen LogP contribution < -0.4 is 5.32 Å². The number of nitrogens with zero attached hydrogens (tertiary/aromatic N) is 2. The van der Waals surface area contributed by atoms with Gasteiger partial charge in [-0.2, -0.15) is 0 Å². The molecule has 0 saturated carbocycles. The Hall–Kier alpha value is -1.86. The van der Waals surface area contributed by atoms with E-state index in [1.165, 1.54) is 0 Å². The van der Waals surface area contributed by atoms with Gasteiger partial charge in [0, 0.05) is 42.1 Å². The van der Waals surface area contributed by atoms with Crippen molar-refractivity contribution in [1.29, 1.82) is 0 Å². The number of nitrogens with one attached hydrogen (secondary N) is 1. The van der Waals surface area contributed by atoms with Crippen LogP contribution in [0.25, 0.3) is 0 Å². The van der Waals surface area contributed by atoms with Crippen LogP contribution in [0.4, 0.5) is 0 Å². The van der Waals surface area contributed by atoms with Gasteiger partial charge < -0.3 is 10.2 Å². The largest absolute Gasteiger partial charge is 0.350 e. The van der Waals surface area contributed by atoms with E-state index in [1.807, 2.05) is 40.1 Å². The number of thiazole rings is 1. The highest BCUT2D eigenvalue weighted by Gasteiger charge is 2.17. The molecule has 7 heteroatoms. The van der Waals surface area contributed by atoms with Gasteiger partial charge in [-0.25, -0.2) is 4.98 Å². The number of benzene rings is 1. The van der Waals surface area contributed by atoms with E-state index in [2.05, 4.69) is 10.3 Å². The van der Waals surface area contributed by atoms with Gasteiger partial charge in [-0.15, -0.1) is 23.1 Å². The van der Waals surface area contributed by atoms with Crippen LogP contribution in [0.5, 0.6) is 0 Å². The van der Waals surface area contributed by atoms with Crippen molar-refractivity contribution in [2.45, 2.75) is 36.3 Å². The zero-order valence-corrected chi connectivity index (χ0v) is 16.3. The Morgan fingerprint density at radius 1 is 1.27 bits per heavy atom. The van der Waals surface area contributed by atoms with Crippen molar-refractivity contribution in [3.05, 3.63) is 46.4 Å². The van der Waals surface area contributed by atoms with Crippen molar-refractivity contribution in [3.63, 3.8) is 0 Å². The van der Waals surface area contributed by atoms with Gasteiger partial charge in [0.15, 0.2) is 0 Å². The highest BCUT2D eigenvalue weighted by molar-refractivity contribution is 7.98. The van der Waals surface area contributed by atoms with Crippen molar-refractivity contribution in [2.24, 2.45) is 0 Å². The first kappa shape index (κ1) is 18.9. The lowest BCUT2D eigenvalue weighted by Gasteiger charge is -2.20. The van der Waals surface area contributed by atoms with Gasteiger partial charge in [0.2, 0.25) is 5.91 Å². The van der Waals surface area contributed by atoms with Crippen molar-refractivity contribution >= 4 is 34.9 Å². The summed E-state index contributed by atoms with van der Waals surface area (Å²) in [5.41, 5.74) is 3.52. The fourth-order valence-corrected chi connectivity index (χ4v) is 4.53. The van der Waals surface area contributed by atoms with Crippen LogP contribution in [0, 0.1) is 0 Å². The first-order valence-electron chi connectivity index (χ1n) is 8.89. The number of amides is 2. The van der Waals surface area contributed by atoms with Crippen molar-refractivity contribution in [1.82, 2.24) is 15.2 Å². The Kier molecular flexibility index (Phi) is 7.08. The summed E-state index contributed by atoms with van der Waals surface area (Å²) < 4.78 is 0. The maximum absolute atomic E-state index is 12.6. The SMILES string of the molecule is O=C(NCCN1CCCCCC1=O)c1ccccc1SCc1cscn1. The van der Waals surface area contributed by atoms with Crippen molar-refractivity contribution in [2.75, 3.05) is 19.6 Å². The van der Waals surface area contributed by atoms with Crippen LogP contribution in [-0.2, 0) is 10.5 Å². The second-order valence-electron chi connectivity index (χ2n) is 6.21. The van der Waals surface area contributed by atoms with E-state index >= 15 is 0 Å². The summed E-state index contributed by atoms with van der Waals surface area (Å²) in [5, 5.41) is 4.98. The minimum Gasteiger partial charge on any atom is -0.350 e. The molecule has 26 heavy (non-hydrogen) atoms. The molecule has 1 aromatic carbocycles. The summed E-state index contributed by atoms with van der Waals surface area (Å²) in [7, 11) is 0. The summed E-state index contributed by atoms with van der Waals surface area (Å²) in [6.07, 6.45) is 3.77. The molecule has 3 rings (SSSR count). The third-order valence-electron chi connectivity index (χ3n) is 4.33. The predicted octanol–water partition coefficient (Wildman–Crippen LogP) is 3.57. The molecule has 1 N–H and O–H groups in total. The number of thioether (sulfide) groups is 1. The topological polar surface area (TPSA) is 62.3 Å². The van der Waals surface area contributed by atoms with E-state index in [0.717, 1.165) is 42.1 Å². The van der Waals surface area contributed by atoms with Crippen molar-refractivity contribution in [3.8, 4) is 0 Å². The lowest BCUT2D eigenvalue weighted by atomic mass is 10.2. The molecule has 0 aliphatic carbocycles. The van der Waals surface area contributed by atoms with Crippen molar-refractivity contribution < 1.29 is 9.59 Å². The smallest absolute Gasteiger partial charge is 0.252 e. The van der Waals surface area contributed by atoms with Gasteiger partial charge >= 0.3 is 0 Å². The molecule has 1 aliphatic rings. The standard InChI is InChI=1S/C19H23N3O2S2/c23-18-8-2-1-5-10-22(18)11-9-20-19(24)16-6-3-4-7-17(16)26-13-15-12-25-14-21-15/h3-4,6-7,12,14H,1-2,5,8-11,13H2,(H,20,24). The Morgan fingerprint density at radius 2 is 2.15 bits per heavy atom. The highest BCUT2D eigenvalue weighted by atomic mass is 32.2. The molecular weight excluding hydrogens is 366 g/mol. The predicted molar refractivity (Wildman–Crippen MR) is 105 cm³/mol. The Labute approximate surface area is 162 Å². The summed E-state index contributed by atoms with van der Waals surface area (Å²) in [5.74, 6) is 0.861. The maximum atomic E-state index is 12.6. The minimum absolute atomic E-state index is 0.0892. The fourth-order valence-electron chi connectivity index (χ4n) is 2.92. The molecule has 5 nitrogen and oxygen atoms in total. The number of hydrogen-bond acceptors (Lipinski definition) is 5. The lowest BCUT2D eigenvalue weighted by Crippen LogP contribution is -2.38. The molecule has 0 bridgehead atoms. The zero-order valence-electron chi connectivity index (χ0n) is 14.6. The Balaban J connectivity index is 1.53. The molecule has 138 valence electrons. The van der Waals surface area contributed by atoms with Gasteiger partial charge in [0.25, 0.3) is 5.91 Å². The lowest BCUT2D eigenvalue weighted by molar-refractivity contribution is -0.130. The highest BCUT2D eigenvalue weighted by Crippen LogP contribution is 2.26. The van der Waals surface area contributed by atoms with Gasteiger partial charge in [-0.1, -0.05) is 18.6 Å². The van der Waals surface area contributed by atoms with Gasteiger partial charge in [-0.3, -0.25) is 9.59 Å². The molecule has 1 aromatic heterocycles. The number of carbonyl (C=O) groups is 2. The van der Waals surface area contributed by atoms with Crippen LogP contribution in [0.2, 0.25) is 0 Å². The third kappa shape index (κ3) is 5.32. The molecule has 1 fully saturated rings. The van der Waals surface area contributed by atoms with E-state index in [4.69, 9.17) is 0 Å². The molecule has 0 spiro atoms. The first-order chi connectivity index (χ1) is 12.7. The molecular formula is C19H23N3O2S2. The van der Waals surface area contributed by atoms with Gasteiger partial charge in [0.05, 0.1) is 16.8 Å². The Morgan fingerprint density at radius 3 is 3.00 bits per heavy atom. The summed E-state index contributed by atoms with van der Waals surface area (Å²) in [6.45, 7) is 1.86. The second-order valence-corrected chi connectivity index (χ2v) is 7.95. The molecule has 2 heterocycles. The molecule has 1 aliphatic heterocycles. The molecule has 0 radical (unpaired) electrons. The van der Waals surface area contributed by atoms with E-state index < -0.39 is 0 Å². The third-order valence-corrected chi connectivity index (χ3v) is 6.07. The van der Waals surface area contributed by atoms with Crippen LogP contribution in [0.3, 0.4) is 0 Å². The normalized spacial score (nSPS) is 14.9. The molecule has 0 unspecified atom stereocenters. The van der Waals surface area contributed by atoms with Gasteiger partial charge in [-0.05, 0) is 25.0 Å². The average Bonchev–Trinajstić information content (AvgIpc) is 3.10. The van der Waals surface area contributed by atoms with E-state index in [0.29, 0.717) is 25.1 Å². The van der Waals surface area contributed by atoms with Gasteiger partial charge in [0.1, 0.15) is 0 Å². The number of carbonyl (C=O) groups excluding carboxylic acids is 2. The second kappa shape index (κ2) is 9.73. The average molecular weight is 390 g/mol. The van der Waals surface area contributed by atoms with E-state index in [9.17, 15) is 9.59 Å². The number of aromatic nitrogens is 1. The zero-order chi connectivity index (χ0) is 18.2. The molecule has 2 amide bonds. The number of likely N-dealkylation sites (tertiary alicyclic amines) is 1. The molecule has 1 saturated heterocycles. The molecule has 0 atom stereocenters. The molecule has 2 aromatic rings. The summed E-state index contributed by atoms with van der Waals surface area (Å²) in [6, 6.07) is 7.62. The number of rotatable bonds is 7. The monoisotopic (exact) mass is 389 g/mol.